The molecule has 4 aromatic carbocycles. The summed E-state index contributed by atoms with van der Waals surface area (Å²) in [5, 5.41) is 0. The molecule has 0 spiro atoms. The molecule has 0 aliphatic heterocycles. The van der Waals surface area contributed by atoms with Crippen LogP contribution in [0.3, 0.4) is 0 Å². The van der Waals surface area contributed by atoms with Crippen LogP contribution in [0.5, 0.6) is 0 Å². The van der Waals surface area contributed by atoms with Crippen molar-refractivity contribution >= 4 is 12.2 Å². The molecule has 0 aromatic heterocycles. The van der Waals surface area contributed by atoms with Gasteiger partial charge in [-0.05, 0) is 47.1 Å². The molecule has 0 amide bonds. The SMILES string of the molecule is CCCCc1ccc(/C=C/c2ccc(-c3ccc(-c4ccc(CCC)cc4)c(F)c3F)cc2)c(F)c1F. The normalized spacial score (nSPS) is 11.4. The monoisotopic (exact) mass is 502 g/mol. The maximum Gasteiger partial charge on any atom is 0.167 e. The van der Waals surface area contributed by atoms with Gasteiger partial charge in [0.15, 0.2) is 23.3 Å². The largest absolute Gasteiger partial charge is 0.203 e. The lowest BCUT2D eigenvalue weighted by Crippen LogP contribution is -1.97. The first-order chi connectivity index (χ1) is 17.9. The number of hydrogen-bond acceptors (Lipinski definition) is 0. The summed E-state index contributed by atoms with van der Waals surface area (Å²) in [6, 6.07) is 20.7. The molecule has 0 heterocycles. The van der Waals surface area contributed by atoms with E-state index in [9.17, 15) is 13.2 Å². The number of rotatable bonds is 9. The molecule has 4 aromatic rings. The third kappa shape index (κ3) is 6.02. The second-order valence-corrected chi connectivity index (χ2v) is 9.24. The lowest BCUT2D eigenvalue weighted by Gasteiger charge is -2.10. The first-order valence-corrected chi connectivity index (χ1v) is 12.8. The van der Waals surface area contributed by atoms with Gasteiger partial charge in [0, 0.05) is 16.7 Å². The minimum atomic E-state index is -0.904. The number of unbranched alkanes of at least 4 members (excludes halogenated alkanes) is 1. The maximum absolute atomic E-state index is 15.0. The van der Waals surface area contributed by atoms with E-state index >= 15 is 4.39 Å². The van der Waals surface area contributed by atoms with Crippen LogP contribution in [-0.4, -0.2) is 0 Å². The van der Waals surface area contributed by atoms with Gasteiger partial charge in [0.1, 0.15) is 0 Å². The van der Waals surface area contributed by atoms with Gasteiger partial charge in [-0.3, -0.25) is 0 Å². The molecule has 0 bridgehead atoms. The van der Waals surface area contributed by atoms with Gasteiger partial charge in [-0.15, -0.1) is 0 Å². The summed E-state index contributed by atoms with van der Waals surface area (Å²) in [5.41, 5.74) is 3.97. The third-order valence-corrected chi connectivity index (χ3v) is 6.55. The quantitative estimate of drug-likeness (QED) is 0.158. The Labute approximate surface area is 216 Å². The van der Waals surface area contributed by atoms with Crippen molar-refractivity contribution in [2.24, 2.45) is 0 Å². The molecule has 190 valence electrons. The molecule has 0 nitrogen and oxygen atoms in total. The summed E-state index contributed by atoms with van der Waals surface area (Å²) in [6.45, 7) is 4.10. The van der Waals surface area contributed by atoms with Gasteiger partial charge in [-0.2, -0.15) is 0 Å². The molecule has 0 fully saturated rings. The van der Waals surface area contributed by atoms with Crippen LogP contribution < -0.4 is 0 Å². The predicted molar refractivity (Wildman–Crippen MR) is 145 cm³/mol. The fourth-order valence-electron chi connectivity index (χ4n) is 4.39. The minimum Gasteiger partial charge on any atom is -0.203 e. The van der Waals surface area contributed by atoms with Crippen LogP contribution in [0.1, 0.15) is 55.4 Å². The van der Waals surface area contributed by atoms with Crippen molar-refractivity contribution in [3.05, 3.63) is 118 Å². The van der Waals surface area contributed by atoms with Crippen molar-refractivity contribution in [3.8, 4) is 22.3 Å². The number of hydrogen-bond donors (Lipinski definition) is 0. The van der Waals surface area contributed by atoms with E-state index in [1.165, 1.54) is 6.08 Å². The molecule has 0 aliphatic rings. The molecule has 0 atom stereocenters. The van der Waals surface area contributed by atoms with Gasteiger partial charge in [0.05, 0.1) is 0 Å². The van der Waals surface area contributed by atoms with Crippen LogP contribution in [0.25, 0.3) is 34.4 Å². The van der Waals surface area contributed by atoms with Crippen molar-refractivity contribution < 1.29 is 17.6 Å². The number of aryl methyl sites for hydroxylation is 2. The fraction of sp³-hybridized carbons (Fsp3) is 0.212. The van der Waals surface area contributed by atoms with E-state index in [4.69, 9.17) is 0 Å². The second-order valence-electron chi connectivity index (χ2n) is 9.24. The van der Waals surface area contributed by atoms with E-state index in [1.54, 1.807) is 54.6 Å². The highest BCUT2D eigenvalue weighted by molar-refractivity contribution is 5.75. The van der Waals surface area contributed by atoms with Gasteiger partial charge >= 0.3 is 0 Å². The molecule has 4 rings (SSSR count). The topological polar surface area (TPSA) is 0 Å². The Hall–Kier alpha value is -3.66. The van der Waals surface area contributed by atoms with Crippen LogP contribution in [0.2, 0.25) is 0 Å². The van der Waals surface area contributed by atoms with Crippen molar-refractivity contribution in [1.29, 1.82) is 0 Å². The molecular formula is C33H30F4. The van der Waals surface area contributed by atoms with Gasteiger partial charge in [0.25, 0.3) is 0 Å². The third-order valence-electron chi connectivity index (χ3n) is 6.55. The highest BCUT2D eigenvalue weighted by Crippen LogP contribution is 2.32. The smallest absolute Gasteiger partial charge is 0.167 e. The standard InChI is InChI=1S/C33H30F4/c1-3-5-7-26-18-19-27(31(35)30(26)34)17-12-23-10-15-25(16-11-23)29-21-20-28(32(36)33(29)37)24-13-8-22(6-4-2)9-14-24/h8-21H,3-7H2,1-2H3/b17-12+. The molecule has 0 saturated carbocycles. The average Bonchev–Trinajstić information content (AvgIpc) is 2.92. The van der Waals surface area contributed by atoms with E-state index in [-0.39, 0.29) is 16.7 Å². The maximum atomic E-state index is 15.0. The second kappa shape index (κ2) is 12.1. The molecular weight excluding hydrogens is 472 g/mol. The van der Waals surface area contributed by atoms with Crippen molar-refractivity contribution in [3.63, 3.8) is 0 Å². The number of halogens is 4. The summed E-state index contributed by atoms with van der Waals surface area (Å²) in [5.74, 6) is -3.45. The Balaban J connectivity index is 1.52. The minimum absolute atomic E-state index is 0.160. The zero-order valence-electron chi connectivity index (χ0n) is 21.1. The summed E-state index contributed by atoms with van der Waals surface area (Å²) in [4.78, 5) is 0. The average molecular weight is 503 g/mol. The van der Waals surface area contributed by atoms with E-state index in [0.29, 0.717) is 23.1 Å². The Morgan fingerprint density at radius 2 is 1.14 bits per heavy atom. The Bertz CT molecular complexity index is 1380. The highest BCUT2D eigenvalue weighted by atomic mass is 19.2. The highest BCUT2D eigenvalue weighted by Gasteiger charge is 2.16. The van der Waals surface area contributed by atoms with Crippen LogP contribution in [0, 0.1) is 23.3 Å². The van der Waals surface area contributed by atoms with Gasteiger partial charge in [0.2, 0.25) is 0 Å². The van der Waals surface area contributed by atoms with E-state index in [0.717, 1.165) is 36.8 Å². The van der Waals surface area contributed by atoms with E-state index < -0.39 is 23.3 Å². The van der Waals surface area contributed by atoms with Crippen LogP contribution in [0.4, 0.5) is 17.6 Å². The van der Waals surface area contributed by atoms with Gasteiger partial charge in [-0.1, -0.05) is 112 Å². The first-order valence-electron chi connectivity index (χ1n) is 12.8. The zero-order chi connectivity index (χ0) is 26.4. The Morgan fingerprint density at radius 1 is 0.541 bits per heavy atom. The predicted octanol–water partition coefficient (Wildman–Crippen LogP) is 10.0. The van der Waals surface area contributed by atoms with Gasteiger partial charge in [-0.25, -0.2) is 17.6 Å². The lowest BCUT2D eigenvalue weighted by atomic mass is 9.97. The Morgan fingerprint density at radius 3 is 1.70 bits per heavy atom. The lowest BCUT2D eigenvalue weighted by molar-refractivity contribution is 0.495. The summed E-state index contributed by atoms with van der Waals surface area (Å²) in [7, 11) is 0. The van der Waals surface area contributed by atoms with E-state index in [2.05, 4.69) is 6.92 Å². The van der Waals surface area contributed by atoms with Crippen molar-refractivity contribution in [2.75, 3.05) is 0 Å². The summed E-state index contributed by atoms with van der Waals surface area (Å²) < 4.78 is 58.8. The summed E-state index contributed by atoms with van der Waals surface area (Å²) >= 11 is 0. The molecule has 0 aliphatic carbocycles. The first kappa shape index (κ1) is 26.4. The Kier molecular flexibility index (Phi) is 8.60. The van der Waals surface area contributed by atoms with Crippen LogP contribution in [0.15, 0.2) is 72.8 Å². The van der Waals surface area contributed by atoms with Crippen LogP contribution >= 0.6 is 0 Å². The molecule has 4 heteroatoms. The van der Waals surface area contributed by atoms with Crippen molar-refractivity contribution in [1.82, 2.24) is 0 Å². The zero-order valence-corrected chi connectivity index (χ0v) is 21.1. The van der Waals surface area contributed by atoms with E-state index in [1.807, 2.05) is 31.2 Å². The molecule has 0 saturated heterocycles. The molecule has 37 heavy (non-hydrogen) atoms. The molecule has 0 unspecified atom stereocenters. The fourth-order valence-corrected chi connectivity index (χ4v) is 4.39. The van der Waals surface area contributed by atoms with Crippen molar-refractivity contribution in [2.45, 2.75) is 46.0 Å². The van der Waals surface area contributed by atoms with Gasteiger partial charge < -0.3 is 0 Å². The summed E-state index contributed by atoms with van der Waals surface area (Å²) in [6.07, 6.45) is 7.36. The number of benzene rings is 4. The molecule has 0 radical (unpaired) electrons. The van der Waals surface area contributed by atoms with Crippen LogP contribution in [-0.2, 0) is 12.8 Å². The molecule has 0 N–H and O–H groups in total.